The molecule has 0 spiro atoms. The average molecular weight is 566 g/mol. The summed E-state index contributed by atoms with van der Waals surface area (Å²) in [5, 5.41) is 4.14. The molecule has 0 unspecified atom stereocenters. The fraction of sp³-hybridized carbons (Fsp3) is 0. The minimum absolute atomic E-state index is 0.569. The number of aromatic nitrogens is 3. The number of para-hydroxylation sites is 2. The third-order valence-corrected chi connectivity index (χ3v) is 8.16. The highest BCUT2D eigenvalue weighted by Crippen LogP contribution is 2.42. The van der Waals surface area contributed by atoms with Crippen LogP contribution in [0.2, 0.25) is 0 Å². The van der Waals surface area contributed by atoms with Crippen molar-refractivity contribution in [2.45, 2.75) is 0 Å². The van der Waals surface area contributed by atoms with Crippen LogP contribution >= 0.6 is 0 Å². The van der Waals surface area contributed by atoms with Gasteiger partial charge in [-0.05, 0) is 47.5 Å². The predicted octanol–water partition coefficient (Wildman–Crippen LogP) is 10.3. The van der Waals surface area contributed by atoms with Crippen molar-refractivity contribution in [3.8, 4) is 45.3 Å². The second kappa shape index (κ2) is 9.75. The molecule has 0 radical (unpaired) electrons. The Morgan fingerprint density at radius 2 is 0.932 bits per heavy atom. The Balaban J connectivity index is 1.36. The molecule has 0 atom stereocenters. The normalized spacial score (nSPS) is 11.6. The van der Waals surface area contributed by atoms with Crippen LogP contribution in [0.15, 0.2) is 148 Å². The summed E-state index contributed by atoms with van der Waals surface area (Å²) in [6.07, 6.45) is 0. The number of benzene rings is 6. The summed E-state index contributed by atoms with van der Waals surface area (Å²) < 4.78 is 12.6. The molecule has 9 rings (SSSR count). The SMILES string of the molecule is c1ccc(-c2nc(-c3ccc4c(c3)oc3ccccc34)nc(-c3c(-c4ccccc4)ccc4oc5ccccc5c34)n2)cc1. The van der Waals surface area contributed by atoms with Gasteiger partial charge in [0.05, 0.1) is 0 Å². The van der Waals surface area contributed by atoms with E-state index in [0.717, 1.165) is 71.7 Å². The molecule has 5 nitrogen and oxygen atoms in total. The number of hydrogen-bond acceptors (Lipinski definition) is 5. The van der Waals surface area contributed by atoms with Gasteiger partial charge in [-0.3, -0.25) is 0 Å². The molecule has 0 saturated heterocycles. The molecular formula is C39H23N3O2. The van der Waals surface area contributed by atoms with Crippen molar-refractivity contribution in [2.75, 3.05) is 0 Å². The maximum absolute atomic E-state index is 6.33. The Morgan fingerprint density at radius 1 is 0.364 bits per heavy atom. The van der Waals surface area contributed by atoms with Crippen LogP contribution in [0.5, 0.6) is 0 Å². The molecule has 9 aromatic rings. The third kappa shape index (κ3) is 3.91. The molecule has 5 heteroatoms. The Labute approximate surface area is 252 Å². The lowest BCUT2D eigenvalue weighted by Crippen LogP contribution is -2.01. The lowest BCUT2D eigenvalue weighted by Gasteiger charge is -2.13. The molecule has 0 aliphatic carbocycles. The van der Waals surface area contributed by atoms with Crippen molar-refractivity contribution >= 4 is 43.9 Å². The molecule has 0 saturated carbocycles. The summed E-state index contributed by atoms with van der Waals surface area (Å²) in [5.74, 6) is 1.74. The molecule has 206 valence electrons. The van der Waals surface area contributed by atoms with Gasteiger partial charge in [-0.1, -0.05) is 103 Å². The van der Waals surface area contributed by atoms with Crippen molar-refractivity contribution in [2.24, 2.45) is 0 Å². The Hall–Kier alpha value is -6.07. The first-order valence-electron chi connectivity index (χ1n) is 14.5. The van der Waals surface area contributed by atoms with Crippen LogP contribution in [0.25, 0.3) is 89.2 Å². The summed E-state index contributed by atoms with van der Waals surface area (Å²) in [5.41, 5.74) is 8.01. The van der Waals surface area contributed by atoms with Crippen LogP contribution in [0.4, 0.5) is 0 Å². The van der Waals surface area contributed by atoms with Crippen molar-refractivity contribution < 1.29 is 8.83 Å². The van der Waals surface area contributed by atoms with Gasteiger partial charge in [0.2, 0.25) is 0 Å². The molecule has 0 fully saturated rings. The summed E-state index contributed by atoms with van der Waals surface area (Å²) in [7, 11) is 0. The van der Waals surface area contributed by atoms with E-state index in [1.807, 2.05) is 97.1 Å². The Morgan fingerprint density at radius 3 is 1.70 bits per heavy atom. The zero-order valence-corrected chi connectivity index (χ0v) is 23.4. The average Bonchev–Trinajstić information content (AvgIpc) is 3.66. The minimum atomic E-state index is 0.569. The number of fused-ring (bicyclic) bond motifs is 6. The summed E-state index contributed by atoms with van der Waals surface area (Å²) in [4.78, 5) is 15.3. The molecular weight excluding hydrogens is 542 g/mol. The van der Waals surface area contributed by atoms with Gasteiger partial charge < -0.3 is 8.83 Å². The fourth-order valence-electron chi connectivity index (χ4n) is 6.11. The molecule has 0 N–H and O–H groups in total. The van der Waals surface area contributed by atoms with Crippen molar-refractivity contribution in [1.82, 2.24) is 15.0 Å². The van der Waals surface area contributed by atoms with Crippen LogP contribution < -0.4 is 0 Å². The second-order valence-electron chi connectivity index (χ2n) is 10.8. The number of rotatable bonds is 4. The summed E-state index contributed by atoms with van der Waals surface area (Å²) in [6.45, 7) is 0. The molecule has 3 heterocycles. The van der Waals surface area contributed by atoms with E-state index in [-0.39, 0.29) is 0 Å². The summed E-state index contributed by atoms with van der Waals surface area (Å²) in [6, 6.07) is 46.9. The van der Waals surface area contributed by atoms with E-state index in [9.17, 15) is 0 Å². The molecule has 3 aromatic heterocycles. The van der Waals surface area contributed by atoms with Crippen molar-refractivity contribution in [1.29, 1.82) is 0 Å². The van der Waals surface area contributed by atoms with Crippen LogP contribution in [-0.2, 0) is 0 Å². The van der Waals surface area contributed by atoms with E-state index in [2.05, 4.69) is 42.5 Å². The van der Waals surface area contributed by atoms with Crippen molar-refractivity contribution in [3.05, 3.63) is 140 Å². The van der Waals surface area contributed by atoms with Gasteiger partial charge in [-0.25, -0.2) is 15.0 Å². The van der Waals surface area contributed by atoms with Crippen LogP contribution in [0.1, 0.15) is 0 Å². The highest BCUT2D eigenvalue weighted by molar-refractivity contribution is 6.15. The van der Waals surface area contributed by atoms with Gasteiger partial charge in [0.1, 0.15) is 22.3 Å². The van der Waals surface area contributed by atoms with E-state index in [4.69, 9.17) is 23.8 Å². The number of hydrogen-bond donors (Lipinski definition) is 0. The maximum atomic E-state index is 6.33. The Bertz CT molecular complexity index is 2500. The number of furan rings is 2. The fourth-order valence-corrected chi connectivity index (χ4v) is 6.11. The highest BCUT2D eigenvalue weighted by Gasteiger charge is 2.22. The molecule has 0 amide bonds. The van der Waals surface area contributed by atoms with Crippen LogP contribution in [0.3, 0.4) is 0 Å². The maximum Gasteiger partial charge on any atom is 0.165 e. The van der Waals surface area contributed by atoms with Gasteiger partial charge >= 0.3 is 0 Å². The standard InChI is InChI=1S/C39H23N3O2/c1-3-11-24(12-4-1)27-21-22-33-35(30-16-8-10-18-32(30)43-33)36(27)39-41-37(25-13-5-2-6-14-25)40-38(42-39)26-19-20-29-28-15-7-9-17-31(28)44-34(29)23-26/h1-23H. The largest absolute Gasteiger partial charge is 0.456 e. The van der Waals surface area contributed by atoms with E-state index in [0.29, 0.717) is 17.5 Å². The van der Waals surface area contributed by atoms with Crippen LogP contribution in [0, 0.1) is 0 Å². The van der Waals surface area contributed by atoms with E-state index in [1.165, 1.54) is 0 Å². The molecule has 0 aliphatic heterocycles. The molecule has 0 aliphatic rings. The first-order valence-corrected chi connectivity index (χ1v) is 14.5. The highest BCUT2D eigenvalue weighted by atomic mass is 16.3. The third-order valence-electron chi connectivity index (χ3n) is 8.16. The molecule has 0 bridgehead atoms. The molecule has 6 aromatic carbocycles. The second-order valence-corrected chi connectivity index (χ2v) is 10.8. The Kier molecular flexibility index (Phi) is 5.43. The lowest BCUT2D eigenvalue weighted by atomic mass is 9.94. The van der Waals surface area contributed by atoms with Crippen LogP contribution in [-0.4, -0.2) is 15.0 Å². The number of nitrogens with zero attached hydrogens (tertiary/aromatic N) is 3. The molecule has 44 heavy (non-hydrogen) atoms. The quantitative estimate of drug-likeness (QED) is 0.212. The van der Waals surface area contributed by atoms with Crippen molar-refractivity contribution in [3.63, 3.8) is 0 Å². The van der Waals surface area contributed by atoms with Gasteiger partial charge in [-0.15, -0.1) is 0 Å². The first-order chi connectivity index (χ1) is 21.8. The first kappa shape index (κ1) is 24.5. The van der Waals surface area contributed by atoms with Gasteiger partial charge in [-0.2, -0.15) is 0 Å². The smallest absolute Gasteiger partial charge is 0.165 e. The zero-order chi connectivity index (χ0) is 29.0. The predicted molar refractivity (Wildman–Crippen MR) is 176 cm³/mol. The van der Waals surface area contributed by atoms with Gasteiger partial charge in [0, 0.05) is 38.2 Å². The lowest BCUT2D eigenvalue weighted by molar-refractivity contribution is 0.668. The van der Waals surface area contributed by atoms with E-state index < -0.39 is 0 Å². The van der Waals surface area contributed by atoms with Gasteiger partial charge in [0.15, 0.2) is 17.5 Å². The summed E-state index contributed by atoms with van der Waals surface area (Å²) >= 11 is 0. The van der Waals surface area contributed by atoms with Gasteiger partial charge in [0.25, 0.3) is 0 Å². The topological polar surface area (TPSA) is 65.0 Å². The van der Waals surface area contributed by atoms with E-state index >= 15 is 0 Å². The minimum Gasteiger partial charge on any atom is -0.456 e. The monoisotopic (exact) mass is 565 g/mol. The zero-order valence-electron chi connectivity index (χ0n) is 23.4. The van der Waals surface area contributed by atoms with E-state index in [1.54, 1.807) is 0 Å².